The van der Waals surface area contributed by atoms with Gasteiger partial charge in [0.05, 0.1) is 14.2 Å². The van der Waals surface area contributed by atoms with Gasteiger partial charge in [-0.05, 0) is 12.1 Å². The fourth-order valence-electron chi connectivity index (χ4n) is 1.31. The van der Waals surface area contributed by atoms with Crippen molar-refractivity contribution in [2.45, 2.75) is 0 Å². The van der Waals surface area contributed by atoms with E-state index in [1.807, 2.05) is 18.2 Å². The first-order valence-corrected chi connectivity index (χ1v) is 4.45. The summed E-state index contributed by atoms with van der Waals surface area (Å²) in [4.78, 5) is 4.06. The molecule has 0 bridgehead atoms. The normalized spacial score (nSPS) is 10.0. The molecule has 0 radical (unpaired) electrons. The van der Waals surface area contributed by atoms with Crippen molar-refractivity contribution in [1.82, 2.24) is 4.98 Å². The maximum absolute atomic E-state index is 5.16. The molecule has 0 fully saturated rings. The molecule has 0 aliphatic rings. The van der Waals surface area contributed by atoms with Gasteiger partial charge >= 0.3 is 0 Å². The Morgan fingerprint density at radius 1 is 1.07 bits per heavy atom. The largest absolute Gasteiger partial charge is 0.497 e. The molecular formula is C11H11NO3. The first-order valence-electron chi connectivity index (χ1n) is 4.45. The predicted molar refractivity (Wildman–Crippen MR) is 55.0 cm³/mol. The van der Waals surface area contributed by atoms with Crippen LogP contribution >= 0.6 is 0 Å². The van der Waals surface area contributed by atoms with Gasteiger partial charge in [-0.2, -0.15) is 0 Å². The van der Waals surface area contributed by atoms with E-state index in [1.54, 1.807) is 20.5 Å². The maximum Gasteiger partial charge on any atom is 0.181 e. The van der Waals surface area contributed by atoms with E-state index in [1.165, 1.54) is 6.39 Å². The number of rotatable bonds is 3. The van der Waals surface area contributed by atoms with Gasteiger partial charge in [0, 0.05) is 11.6 Å². The minimum atomic E-state index is 0.729. The van der Waals surface area contributed by atoms with Crippen molar-refractivity contribution in [3.63, 3.8) is 0 Å². The van der Waals surface area contributed by atoms with E-state index in [9.17, 15) is 0 Å². The second-order valence-corrected chi connectivity index (χ2v) is 2.98. The lowest BCUT2D eigenvalue weighted by molar-refractivity contribution is 0.394. The zero-order valence-electron chi connectivity index (χ0n) is 8.56. The average molecular weight is 205 g/mol. The van der Waals surface area contributed by atoms with Crippen molar-refractivity contribution in [3.05, 3.63) is 30.9 Å². The van der Waals surface area contributed by atoms with Crippen LogP contribution in [0, 0.1) is 0 Å². The van der Waals surface area contributed by atoms with E-state index in [4.69, 9.17) is 13.9 Å². The minimum Gasteiger partial charge on any atom is -0.497 e. The van der Waals surface area contributed by atoms with Crippen LogP contribution in [0.1, 0.15) is 0 Å². The highest BCUT2D eigenvalue weighted by atomic mass is 16.5. The highest BCUT2D eigenvalue weighted by Gasteiger charge is 2.05. The van der Waals surface area contributed by atoms with Gasteiger partial charge in [-0.3, -0.25) is 0 Å². The van der Waals surface area contributed by atoms with Gasteiger partial charge in [-0.1, -0.05) is 0 Å². The second kappa shape index (κ2) is 4.04. The quantitative estimate of drug-likeness (QED) is 0.771. The van der Waals surface area contributed by atoms with Crippen LogP contribution in [0.25, 0.3) is 11.3 Å². The van der Waals surface area contributed by atoms with Crippen LogP contribution in [-0.2, 0) is 0 Å². The smallest absolute Gasteiger partial charge is 0.181 e. The summed E-state index contributed by atoms with van der Waals surface area (Å²) in [5.41, 5.74) is 1.66. The van der Waals surface area contributed by atoms with E-state index in [2.05, 4.69) is 4.98 Å². The number of hydrogen-bond acceptors (Lipinski definition) is 4. The lowest BCUT2D eigenvalue weighted by Crippen LogP contribution is -1.88. The summed E-state index contributed by atoms with van der Waals surface area (Å²) in [6.07, 6.45) is 2.97. The second-order valence-electron chi connectivity index (χ2n) is 2.98. The highest BCUT2D eigenvalue weighted by Crippen LogP contribution is 2.28. The maximum atomic E-state index is 5.16. The molecule has 0 saturated heterocycles. The molecule has 1 aromatic carbocycles. The van der Waals surface area contributed by atoms with E-state index in [0.717, 1.165) is 22.8 Å². The summed E-state index contributed by atoms with van der Waals surface area (Å²) in [5, 5.41) is 0. The Hall–Kier alpha value is -1.97. The van der Waals surface area contributed by atoms with Gasteiger partial charge in [0.2, 0.25) is 0 Å². The van der Waals surface area contributed by atoms with Crippen molar-refractivity contribution in [1.29, 1.82) is 0 Å². The number of methoxy groups -OCH3 is 2. The molecule has 0 aliphatic heterocycles. The molecule has 1 heterocycles. The minimum absolute atomic E-state index is 0.729. The van der Waals surface area contributed by atoms with Crippen molar-refractivity contribution >= 4 is 0 Å². The molecule has 4 nitrogen and oxygen atoms in total. The van der Waals surface area contributed by atoms with Gasteiger partial charge in [0.1, 0.15) is 23.5 Å². The van der Waals surface area contributed by atoms with Gasteiger partial charge in [-0.15, -0.1) is 0 Å². The van der Waals surface area contributed by atoms with Gasteiger partial charge in [0.15, 0.2) is 6.39 Å². The van der Waals surface area contributed by atoms with E-state index in [0.29, 0.717) is 0 Å². The van der Waals surface area contributed by atoms with Crippen LogP contribution in [0.4, 0.5) is 0 Å². The van der Waals surface area contributed by atoms with Crippen LogP contribution in [0.5, 0.6) is 11.5 Å². The monoisotopic (exact) mass is 205 g/mol. The summed E-state index contributed by atoms with van der Waals surface area (Å²) in [6, 6.07) is 5.56. The lowest BCUT2D eigenvalue weighted by Gasteiger charge is -2.06. The average Bonchev–Trinajstić information content (AvgIpc) is 2.81. The molecule has 4 heteroatoms. The molecule has 0 saturated carbocycles. The zero-order chi connectivity index (χ0) is 10.7. The lowest BCUT2D eigenvalue weighted by atomic mass is 10.1. The number of ether oxygens (including phenoxy) is 2. The number of hydrogen-bond donors (Lipinski definition) is 0. The Morgan fingerprint density at radius 2 is 1.73 bits per heavy atom. The summed E-state index contributed by atoms with van der Waals surface area (Å²) >= 11 is 0. The van der Waals surface area contributed by atoms with E-state index < -0.39 is 0 Å². The van der Waals surface area contributed by atoms with Gasteiger partial charge in [0.25, 0.3) is 0 Å². The standard InChI is InChI=1S/C11H11NO3/c1-13-9-3-8(4-10(5-9)14-2)11-6-15-7-12-11/h3-7H,1-2H3. The number of oxazole rings is 1. The Labute approximate surface area is 87.5 Å². The molecule has 0 N–H and O–H groups in total. The first kappa shape index (κ1) is 9.58. The Morgan fingerprint density at radius 3 is 2.20 bits per heavy atom. The van der Waals surface area contributed by atoms with Crippen LogP contribution in [0.3, 0.4) is 0 Å². The van der Waals surface area contributed by atoms with Crippen LogP contribution in [0.15, 0.2) is 35.3 Å². The van der Waals surface area contributed by atoms with Crippen LogP contribution in [-0.4, -0.2) is 19.2 Å². The fourth-order valence-corrected chi connectivity index (χ4v) is 1.31. The van der Waals surface area contributed by atoms with Crippen molar-refractivity contribution < 1.29 is 13.9 Å². The van der Waals surface area contributed by atoms with Crippen molar-refractivity contribution in [2.75, 3.05) is 14.2 Å². The van der Waals surface area contributed by atoms with Gasteiger partial charge < -0.3 is 13.9 Å². The highest BCUT2D eigenvalue weighted by molar-refractivity contribution is 5.62. The third kappa shape index (κ3) is 1.93. The third-order valence-electron chi connectivity index (χ3n) is 2.08. The molecule has 15 heavy (non-hydrogen) atoms. The van der Waals surface area contributed by atoms with E-state index >= 15 is 0 Å². The molecule has 78 valence electrons. The SMILES string of the molecule is COc1cc(OC)cc(-c2cocn2)c1. The molecule has 0 spiro atoms. The van der Waals surface area contributed by atoms with E-state index in [-0.39, 0.29) is 0 Å². The Balaban J connectivity index is 2.47. The topological polar surface area (TPSA) is 44.5 Å². The summed E-state index contributed by atoms with van der Waals surface area (Å²) < 4.78 is 15.2. The Kier molecular flexibility index (Phi) is 2.58. The molecular weight excluding hydrogens is 194 g/mol. The predicted octanol–water partition coefficient (Wildman–Crippen LogP) is 2.36. The number of benzene rings is 1. The van der Waals surface area contributed by atoms with Crippen LogP contribution in [0.2, 0.25) is 0 Å². The van der Waals surface area contributed by atoms with Crippen molar-refractivity contribution in [2.24, 2.45) is 0 Å². The third-order valence-corrected chi connectivity index (χ3v) is 2.08. The summed E-state index contributed by atoms with van der Waals surface area (Å²) in [5.74, 6) is 1.46. The summed E-state index contributed by atoms with van der Waals surface area (Å²) in [7, 11) is 3.22. The number of nitrogens with zero attached hydrogens (tertiary/aromatic N) is 1. The molecule has 1 aromatic heterocycles. The molecule has 2 aromatic rings. The van der Waals surface area contributed by atoms with Gasteiger partial charge in [-0.25, -0.2) is 4.98 Å². The zero-order valence-corrected chi connectivity index (χ0v) is 8.56. The Bertz CT molecular complexity index is 415. The van der Waals surface area contributed by atoms with Crippen LogP contribution < -0.4 is 9.47 Å². The molecule has 0 atom stereocenters. The molecule has 0 unspecified atom stereocenters. The molecule has 0 aliphatic carbocycles. The summed E-state index contributed by atoms with van der Waals surface area (Å²) in [6.45, 7) is 0. The van der Waals surface area contributed by atoms with Crippen molar-refractivity contribution in [3.8, 4) is 22.8 Å². The first-order chi connectivity index (χ1) is 7.33. The molecule has 2 rings (SSSR count). The fraction of sp³-hybridized carbons (Fsp3) is 0.182. The molecule has 0 amide bonds. The number of aromatic nitrogens is 1.